The summed E-state index contributed by atoms with van der Waals surface area (Å²) in [4.78, 5) is 20.3. The van der Waals surface area contributed by atoms with Crippen molar-refractivity contribution in [1.82, 2.24) is 9.97 Å². The predicted molar refractivity (Wildman–Crippen MR) is 104 cm³/mol. The number of halogens is 2. The largest absolute Gasteiger partial charge is 0.418 e. The van der Waals surface area contributed by atoms with Crippen LogP contribution < -0.4 is 10.1 Å². The summed E-state index contributed by atoms with van der Waals surface area (Å²) < 4.78 is 19.8. The first kappa shape index (κ1) is 18.7. The molecule has 0 fully saturated rings. The number of hydrogen-bond donors (Lipinski definition) is 1. The highest BCUT2D eigenvalue weighted by Crippen LogP contribution is 2.31. The second kappa shape index (κ2) is 8.55. The number of rotatable bonds is 6. The van der Waals surface area contributed by atoms with Crippen molar-refractivity contribution in [1.29, 1.82) is 0 Å². The number of nitrogens with one attached hydrogen (secondary N) is 1. The molecule has 1 aromatic heterocycles. The van der Waals surface area contributed by atoms with E-state index in [9.17, 15) is 9.18 Å². The van der Waals surface area contributed by atoms with Crippen molar-refractivity contribution in [2.24, 2.45) is 0 Å². The number of esters is 1. The van der Waals surface area contributed by atoms with Gasteiger partial charge in [0.25, 0.3) is 0 Å². The van der Waals surface area contributed by atoms with Gasteiger partial charge in [0.2, 0.25) is 0 Å². The normalized spacial score (nSPS) is 10.3. The van der Waals surface area contributed by atoms with E-state index in [1.165, 1.54) is 18.3 Å². The van der Waals surface area contributed by atoms with Crippen molar-refractivity contribution >= 4 is 33.4 Å². The molecule has 3 aromatic rings. The second-order valence-corrected chi connectivity index (χ2v) is 6.33. The molecule has 0 aliphatic carbocycles. The third-order valence-electron chi connectivity index (χ3n) is 3.62. The lowest BCUT2D eigenvalue weighted by Gasteiger charge is -2.14. The standard InChI is InChI=1S/C20H15BrFN3O2/c1-2-18(26)27-19-14(22)9-6-10-15(19)25-20-16(24-17(21)12-23-20)11-13-7-4-3-5-8-13/h2-10,12H,1,11H2,(H,23,25). The van der Waals surface area contributed by atoms with Gasteiger partial charge in [-0.2, -0.15) is 0 Å². The number of aromatic nitrogens is 2. The summed E-state index contributed by atoms with van der Waals surface area (Å²) in [5.74, 6) is -1.22. The van der Waals surface area contributed by atoms with Gasteiger partial charge in [0.05, 0.1) is 17.6 Å². The quantitative estimate of drug-likeness (QED) is 0.347. The topological polar surface area (TPSA) is 64.1 Å². The van der Waals surface area contributed by atoms with Gasteiger partial charge in [0, 0.05) is 12.5 Å². The van der Waals surface area contributed by atoms with Crippen LogP contribution in [0.25, 0.3) is 0 Å². The molecule has 0 unspecified atom stereocenters. The van der Waals surface area contributed by atoms with Crippen LogP contribution in [0.3, 0.4) is 0 Å². The van der Waals surface area contributed by atoms with Gasteiger partial charge in [-0.1, -0.05) is 43.0 Å². The predicted octanol–water partition coefficient (Wildman–Crippen LogP) is 4.80. The first-order chi connectivity index (χ1) is 13.1. The lowest BCUT2D eigenvalue weighted by Crippen LogP contribution is -2.09. The monoisotopic (exact) mass is 427 g/mol. The van der Waals surface area contributed by atoms with Gasteiger partial charge in [0.15, 0.2) is 17.4 Å². The molecule has 1 heterocycles. The Kier molecular flexibility index (Phi) is 5.93. The van der Waals surface area contributed by atoms with Gasteiger partial charge in [-0.25, -0.2) is 19.2 Å². The minimum Gasteiger partial charge on any atom is -0.418 e. The van der Waals surface area contributed by atoms with Gasteiger partial charge in [0.1, 0.15) is 4.60 Å². The second-order valence-electron chi connectivity index (χ2n) is 5.52. The third-order valence-corrected chi connectivity index (χ3v) is 4.00. The van der Waals surface area contributed by atoms with Gasteiger partial charge < -0.3 is 10.1 Å². The zero-order chi connectivity index (χ0) is 19.2. The van der Waals surface area contributed by atoms with Crippen molar-refractivity contribution in [3.05, 3.63) is 89.1 Å². The van der Waals surface area contributed by atoms with Crippen LogP contribution in [0.2, 0.25) is 0 Å². The van der Waals surface area contributed by atoms with E-state index in [2.05, 4.69) is 37.8 Å². The molecular weight excluding hydrogens is 413 g/mol. The Balaban J connectivity index is 1.95. The van der Waals surface area contributed by atoms with Crippen LogP contribution in [0.5, 0.6) is 5.75 Å². The molecule has 0 saturated carbocycles. The third kappa shape index (κ3) is 4.77. The zero-order valence-corrected chi connectivity index (χ0v) is 15.7. The lowest BCUT2D eigenvalue weighted by molar-refractivity contribution is -0.129. The number of carbonyl (C=O) groups excluding carboxylic acids is 1. The Labute approximate surface area is 164 Å². The van der Waals surface area contributed by atoms with E-state index in [0.717, 1.165) is 11.6 Å². The Morgan fingerprint density at radius 2 is 2.00 bits per heavy atom. The van der Waals surface area contributed by atoms with Crippen LogP contribution >= 0.6 is 15.9 Å². The van der Waals surface area contributed by atoms with Crippen LogP contribution in [-0.2, 0) is 11.2 Å². The number of nitrogens with zero attached hydrogens (tertiary/aromatic N) is 2. The fourth-order valence-electron chi connectivity index (χ4n) is 2.40. The van der Waals surface area contributed by atoms with Crippen LogP contribution in [0.4, 0.5) is 15.9 Å². The Morgan fingerprint density at radius 3 is 2.74 bits per heavy atom. The number of hydrogen-bond acceptors (Lipinski definition) is 5. The van der Waals surface area contributed by atoms with Crippen LogP contribution in [-0.4, -0.2) is 15.9 Å². The average Bonchev–Trinajstić information content (AvgIpc) is 2.67. The highest BCUT2D eigenvalue weighted by molar-refractivity contribution is 9.10. The number of ether oxygens (including phenoxy) is 1. The lowest BCUT2D eigenvalue weighted by atomic mass is 10.1. The maximum absolute atomic E-state index is 14.2. The fourth-order valence-corrected chi connectivity index (χ4v) is 2.72. The van der Waals surface area contributed by atoms with E-state index in [1.54, 1.807) is 6.07 Å². The van der Waals surface area contributed by atoms with Crippen LogP contribution in [0.1, 0.15) is 11.3 Å². The number of anilines is 2. The first-order valence-electron chi connectivity index (χ1n) is 8.02. The molecule has 7 heteroatoms. The number of para-hydroxylation sites is 1. The van der Waals surface area contributed by atoms with Gasteiger partial charge in [-0.15, -0.1) is 0 Å². The molecule has 0 saturated heterocycles. The number of carbonyl (C=O) groups is 1. The zero-order valence-electron chi connectivity index (χ0n) is 14.2. The van der Waals surface area contributed by atoms with Crippen molar-refractivity contribution in [2.45, 2.75) is 6.42 Å². The summed E-state index contributed by atoms with van der Waals surface area (Å²) in [6.07, 6.45) is 3.02. The van der Waals surface area contributed by atoms with E-state index in [4.69, 9.17) is 4.74 Å². The Morgan fingerprint density at radius 1 is 1.22 bits per heavy atom. The van der Waals surface area contributed by atoms with Crippen LogP contribution in [0, 0.1) is 5.82 Å². The molecule has 0 spiro atoms. The minimum absolute atomic E-state index is 0.224. The minimum atomic E-state index is -0.755. The molecule has 0 aliphatic heterocycles. The van der Waals surface area contributed by atoms with E-state index in [1.807, 2.05) is 30.3 Å². The fraction of sp³-hybridized carbons (Fsp3) is 0.0500. The van der Waals surface area contributed by atoms with Crippen molar-refractivity contribution in [2.75, 3.05) is 5.32 Å². The SMILES string of the molecule is C=CC(=O)Oc1c(F)cccc1Nc1ncc(Br)nc1Cc1ccccc1. The smallest absolute Gasteiger partial charge is 0.335 e. The summed E-state index contributed by atoms with van der Waals surface area (Å²) in [6.45, 7) is 3.33. The van der Waals surface area contributed by atoms with E-state index in [-0.39, 0.29) is 11.4 Å². The van der Waals surface area contributed by atoms with Crippen molar-refractivity contribution < 1.29 is 13.9 Å². The highest BCUT2D eigenvalue weighted by Gasteiger charge is 2.16. The first-order valence-corrected chi connectivity index (χ1v) is 8.81. The summed E-state index contributed by atoms with van der Waals surface area (Å²) in [5.41, 5.74) is 1.96. The van der Waals surface area contributed by atoms with Crippen molar-refractivity contribution in [3.8, 4) is 5.75 Å². The van der Waals surface area contributed by atoms with E-state index < -0.39 is 11.8 Å². The van der Waals surface area contributed by atoms with E-state index in [0.29, 0.717) is 22.5 Å². The molecule has 5 nitrogen and oxygen atoms in total. The molecule has 0 amide bonds. The number of benzene rings is 2. The summed E-state index contributed by atoms with van der Waals surface area (Å²) in [5, 5.41) is 3.01. The molecule has 0 bridgehead atoms. The summed E-state index contributed by atoms with van der Waals surface area (Å²) in [7, 11) is 0. The Hall–Kier alpha value is -3.06. The van der Waals surface area contributed by atoms with Gasteiger partial charge in [-0.3, -0.25) is 0 Å². The summed E-state index contributed by atoms with van der Waals surface area (Å²) >= 11 is 3.32. The molecule has 2 aromatic carbocycles. The molecule has 0 atom stereocenters. The van der Waals surface area contributed by atoms with Gasteiger partial charge >= 0.3 is 5.97 Å². The Bertz CT molecular complexity index is 980. The molecule has 27 heavy (non-hydrogen) atoms. The van der Waals surface area contributed by atoms with Crippen molar-refractivity contribution in [3.63, 3.8) is 0 Å². The summed E-state index contributed by atoms with van der Waals surface area (Å²) in [6, 6.07) is 14.1. The van der Waals surface area contributed by atoms with Crippen LogP contribution in [0.15, 0.2) is 72.0 Å². The maximum atomic E-state index is 14.2. The molecule has 1 N–H and O–H groups in total. The highest BCUT2D eigenvalue weighted by atomic mass is 79.9. The molecule has 0 aliphatic rings. The molecular formula is C20H15BrFN3O2. The molecule has 136 valence electrons. The van der Waals surface area contributed by atoms with E-state index >= 15 is 0 Å². The molecule has 0 radical (unpaired) electrons. The maximum Gasteiger partial charge on any atom is 0.335 e. The average molecular weight is 428 g/mol. The molecule has 3 rings (SSSR count). The van der Waals surface area contributed by atoms with Gasteiger partial charge in [-0.05, 0) is 33.6 Å².